The van der Waals surface area contributed by atoms with E-state index < -0.39 is 0 Å². The van der Waals surface area contributed by atoms with Crippen molar-refractivity contribution in [3.05, 3.63) is 29.8 Å². The highest BCUT2D eigenvalue weighted by Gasteiger charge is 2.21. The zero-order valence-electron chi connectivity index (χ0n) is 14.0. The molecule has 2 N–H and O–H groups in total. The van der Waals surface area contributed by atoms with Gasteiger partial charge in [-0.05, 0) is 47.6 Å². The van der Waals surface area contributed by atoms with E-state index in [1.807, 2.05) is 65.8 Å². The zero-order chi connectivity index (χ0) is 16.0. The summed E-state index contributed by atoms with van der Waals surface area (Å²) in [6.45, 7) is 12.4. The Morgan fingerprint density at radius 3 is 2.43 bits per heavy atom. The first-order valence-corrected chi connectivity index (χ1v) is 7.54. The lowest BCUT2D eigenvalue weighted by molar-refractivity contribution is -0.124. The highest BCUT2D eigenvalue weighted by molar-refractivity contribution is 5.82. The van der Waals surface area contributed by atoms with Gasteiger partial charge in [-0.3, -0.25) is 10.1 Å². The predicted octanol–water partition coefficient (Wildman–Crippen LogP) is 3.04. The van der Waals surface area contributed by atoms with Gasteiger partial charge in [0, 0.05) is 17.1 Å². The van der Waals surface area contributed by atoms with Gasteiger partial charge in [0.15, 0.2) is 0 Å². The molecule has 0 aromatic heterocycles. The Morgan fingerprint density at radius 2 is 1.86 bits per heavy atom. The number of nitrogens with one attached hydrogen (secondary N) is 2. The number of benzene rings is 1. The van der Waals surface area contributed by atoms with Crippen LogP contribution in [0, 0.1) is 0 Å². The molecule has 1 aromatic rings. The van der Waals surface area contributed by atoms with Crippen molar-refractivity contribution in [3.8, 4) is 5.75 Å². The van der Waals surface area contributed by atoms with E-state index in [0.717, 1.165) is 11.3 Å². The van der Waals surface area contributed by atoms with Crippen molar-refractivity contribution in [3.63, 3.8) is 0 Å². The van der Waals surface area contributed by atoms with Crippen molar-refractivity contribution >= 4 is 5.91 Å². The molecule has 0 saturated heterocycles. The van der Waals surface area contributed by atoms with E-state index in [2.05, 4.69) is 10.6 Å². The largest absolute Gasteiger partial charge is 0.494 e. The fourth-order valence-corrected chi connectivity index (χ4v) is 2.14. The molecular formula is C17H28N2O2. The van der Waals surface area contributed by atoms with Gasteiger partial charge >= 0.3 is 0 Å². The lowest BCUT2D eigenvalue weighted by Crippen LogP contribution is -2.50. The van der Waals surface area contributed by atoms with Crippen molar-refractivity contribution in [1.29, 1.82) is 0 Å². The van der Waals surface area contributed by atoms with Gasteiger partial charge in [0.2, 0.25) is 5.91 Å². The molecule has 0 heterocycles. The third-order valence-corrected chi connectivity index (χ3v) is 3.08. The van der Waals surface area contributed by atoms with E-state index >= 15 is 0 Å². The third kappa shape index (κ3) is 5.76. The summed E-state index contributed by atoms with van der Waals surface area (Å²) in [6.07, 6.45) is 0. The van der Waals surface area contributed by atoms with Gasteiger partial charge in [0.25, 0.3) is 0 Å². The normalized spacial score (nSPS) is 14.4. The number of hydrogen-bond donors (Lipinski definition) is 2. The van der Waals surface area contributed by atoms with Crippen LogP contribution in [0.5, 0.6) is 5.75 Å². The second-order valence-corrected chi connectivity index (χ2v) is 6.32. The number of rotatable bonds is 6. The predicted molar refractivity (Wildman–Crippen MR) is 86.5 cm³/mol. The first kappa shape index (κ1) is 17.5. The van der Waals surface area contributed by atoms with Crippen LogP contribution >= 0.6 is 0 Å². The van der Waals surface area contributed by atoms with Crippen molar-refractivity contribution in [1.82, 2.24) is 10.6 Å². The summed E-state index contributed by atoms with van der Waals surface area (Å²) in [6, 6.07) is 7.68. The molecule has 1 rings (SSSR count). The Hall–Kier alpha value is -1.55. The van der Waals surface area contributed by atoms with E-state index in [4.69, 9.17) is 4.74 Å². The monoisotopic (exact) mass is 292 g/mol. The first-order valence-electron chi connectivity index (χ1n) is 7.54. The topological polar surface area (TPSA) is 50.4 Å². The van der Waals surface area contributed by atoms with Crippen molar-refractivity contribution in [2.75, 3.05) is 6.61 Å². The van der Waals surface area contributed by atoms with Crippen LogP contribution in [0.4, 0.5) is 0 Å². The Bertz CT molecular complexity index is 466. The molecule has 0 aliphatic rings. The van der Waals surface area contributed by atoms with Gasteiger partial charge in [-0.2, -0.15) is 0 Å². The third-order valence-electron chi connectivity index (χ3n) is 3.08. The summed E-state index contributed by atoms with van der Waals surface area (Å²) in [7, 11) is 0. The summed E-state index contributed by atoms with van der Waals surface area (Å²) >= 11 is 0. The van der Waals surface area contributed by atoms with Crippen LogP contribution in [0.3, 0.4) is 0 Å². The maximum Gasteiger partial charge on any atom is 0.237 e. The smallest absolute Gasteiger partial charge is 0.237 e. The molecule has 1 amide bonds. The Balaban J connectivity index is 2.72. The summed E-state index contributed by atoms with van der Waals surface area (Å²) < 4.78 is 5.64. The quantitative estimate of drug-likeness (QED) is 0.847. The SMILES string of the molecule is CCOc1ccccc1C(C)NC(C)C(=O)NC(C)(C)C. The van der Waals surface area contributed by atoms with E-state index in [-0.39, 0.29) is 23.5 Å². The van der Waals surface area contributed by atoms with Crippen molar-refractivity contribution < 1.29 is 9.53 Å². The molecule has 0 bridgehead atoms. The van der Waals surface area contributed by atoms with E-state index in [1.54, 1.807) is 0 Å². The van der Waals surface area contributed by atoms with E-state index in [1.165, 1.54) is 0 Å². The van der Waals surface area contributed by atoms with Crippen molar-refractivity contribution in [2.24, 2.45) is 0 Å². The van der Waals surface area contributed by atoms with Crippen LogP contribution in [0.15, 0.2) is 24.3 Å². The average Bonchev–Trinajstić information content (AvgIpc) is 2.37. The van der Waals surface area contributed by atoms with E-state index in [9.17, 15) is 4.79 Å². The minimum atomic E-state index is -0.270. The minimum Gasteiger partial charge on any atom is -0.494 e. The lowest BCUT2D eigenvalue weighted by Gasteiger charge is -2.26. The summed E-state index contributed by atoms with van der Waals surface area (Å²) in [5.74, 6) is 0.867. The van der Waals surface area contributed by atoms with Gasteiger partial charge in [0.1, 0.15) is 5.75 Å². The molecule has 0 aliphatic carbocycles. The molecule has 0 aliphatic heterocycles. The van der Waals surface area contributed by atoms with Gasteiger partial charge in [-0.25, -0.2) is 0 Å². The van der Waals surface area contributed by atoms with Gasteiger partial charge in [0.05, 0.1) is 12.6 Å². The Morgan fingerprint density at radius 1 is 1.24 bits per heavy atom. The molecule has 21 heavy (non-hydrogen) atoms. The molecule has 0 radical (unpaired) electrons. The van der Waals surface area contributed by atoms with Gasteiger partial charge in [-0.15, -0.1) is 0 Å². The van der Waals surface area contributed by atoms with E-state index in [0.29, 0.717) is 6.61 Å². The van der Waals surface area contributed by atoms with Gasteiger partial charge < -0.3 is 10.1 Å². The molecular weight excluding hydrogens is 264 g/mol. The number of carbonyl (C=O) groups is 1. The molecule has 0 spiro atoms. The molecule has 0 fully saturated rings. The van der Waals surface area contributed by atoms with Crippen LogP contribution in [0.25, 0.3) is 0 Å². The van der Waals surface area contributed by atoms with Crippen LogP contribution in [-0.4, -0.2) is 24.1 Å². The number of carbonyl (C=O) groups excluding carboxylic acids is 1. The number of amides is 1. The fraction of sp³-hybridized carbons (Fsp3) is 0.588. The molecule has 0 saturated carbocycles. The van der Waals surface area contributed by atoms with Crippen LogP contribution < -0.4 is 15.4 Å². The first-order chi connectivity index (χ1) is 9.74. The summed E-state index contributed by atoms with van der Waals surface area (Å²) in [5.41, 5.74) is 0.842. The number of para-hydroxylation sites is 1. The van der Waals surface area contributed by atoms with Crippen molar-refractivity contribution in [2.45, 2.75) is 59.2 Å². The summed E-state index contributed by atoms with van der Waals surface area (Å²) in [5, 5.41) is 6.31. The zero-order valence-corrected chi connectivity index (χ0v) is 14.0. The molecule has 4 nitrogen and oxygen atoms in total. The maximum atomic E-state index is 12.1. The highest BCUT2D eigenvalue weighted by atomic mass is 16.5. The molecule has 4 heteroatoms. The standard InChI is InChI=1S/C17H28N2O2/c1-7-21-15-11-9-8-10-14(15)12(2)18-13(3)16(20)19-17(4,5)6/h8-13,18H,7H2,1-6H3,(H,19,20). The molecule has 2 unspecified atom stereocenters. The molecule has 1 aromatic carbocycles. The second kappa shape index (κ2) is 7.46. The Labute approximate surface area is 128 Å². The van der Waals surface area contributed by atoms with Crippen LogP contribution in [-0.2, 0) is 4.79 Å². The molecule has 2 atom stereocenters. The lowest BCUT2D eigenvalue weighted by atomic mass is 10.1. The highest BCUT2D eigenvalue weighted by Crippen LogP contribution is 2.25. The van der Waals surface area contributed by atoms with Crippen LogP contribution in [0.2, 0.25) is 0 Å². The summed E-state index contributed by atoms with van der Waals surface area (Å²) in [4.78, 5) is 12.1. The Kier molecular flexibility index (Phi) is 6.21. The number of hydrogen-bond acceptors (Lipinski definition) is 3. The average molecular weight is 292 g/mol. The second-order valence-electron chi connectivity index (χ2n) is 6.32. The fourth-order valence-electron chi connectivity index (χ4n) is 2.14. The maximum absolute atomic E-state index is 12.1. The van der Waals surface area contributed by atoms with Gasteiger partial charge in [-0.1, -0.05) is 18.2 Å². The minimum absolute atomic E-state index is 0.00300. The molecule has 118 valence electrons. The van der Waals surface area contributed by atoms with Crippen LogP contribution in [0.1, 0.15) is 53.1 Å². The number of ether oxygens (including phenoxy) is 1.